The van der Waals surface area contributed by atoms with E-state index in [2.05, 4.69) is 10.6 Å². The molecule has 6 heteroatoms. The molecular formula is C19H19FN2O3. The first kappa shape index (κ1) is 17.0. The van der Waals surface area contributed by atoms with Crippen molar-refractivity contribution < 1.29 is 18.7 Å². The molecule has 2 aromatic rings. The summed E-state index contributed by atoms with van der Waals surface area (Å²) in [4.78, 5) is 23.6. The van der Waals surface area contributed by atoms with Crippen molar-refractivity contribution in [1.29, 1.82) is 0 Å². The van der Waals surface area contributed by atoms with Gasteiger partial charge in [-0.05, 0) is 35.7 Å². The van der Waals surface area contributed by atoms with Crippen molar-refractivity contribution in [1.82, 2.24) is 5.32 Å². The molecule has 130 valence electrons. The molecule has 3 rings (SSSR count). The van der Waals surface area contributed by atoms with Gasteiger partial charge < -0.3 is 15.4 Å². The Morgan fingerprint density at radius 1 is 1.24 bits per heavy atom. The number of ether oxygens (including phenoxy) is 1. The lowest BCUT2D eigenvalue weighted by Crippen LogP contribution is -2.27. The van der Waals surface area contributed by atoms with Gasteiger partial charge in [-0.15, -0.1) is 0 Å². The molecule has 0 radical (unpaired) electrons. The summed E-state index contributed by atoms with van der Waals surface area (Å²) in [6, 6.07) is 11.8. The zero-order valence-corrected chi connectivity index (χ0v) is 13.7. The molecule has 0 atom stereocenters. The summed E-state index contributed by atoms with van der Waals surface area (Å²) in [6.45, 7) is 0.708. The minimum atomic E-state index is -0.266. The van der Waals surface area contributed by atoms with Gasteiger partial charge in [0.15, 0.2) is 0 Å². The Kier molecular flexibility index (Phi) is 5.28. The van der Waals surface area contributed by atoms with Crippen LogP contribution < -0.4 is 15.4 Å². The lowest BCUT2D eigenvalue weighted by atomic mass is 10.1. The highest BCUT2D eigenvalue weighted by Crippen LogP contribution is 2.28. The minimum Gasteiger partial charge on any atom is -0.491 e. The Bertz CT molecular complexity index is 792. The number of amides is 2. The summed E-state index contributed by atoms with van der Waals surface area (Å²) in [6.07, 6.45) is 0.924. The minimum absolute atomic E-state index is 0.106. The molecule has 0 unspecified atom stereocenters. The first-order valence-electron chi connectivity index (χ1n) is 8.17. The van der Waals surface area contributed by atoms with Gasteiger partial charge in [0, 0.05) is 6.54 Å². The van der Waals surface area contributed by atoms with Crippen LogP contribution >= 0.6 is 0 Å². The van der Waals surface area contributed by atoms with E-state index in [1.807, 2.05) is 0 Å². The zero-order chi connectivity index (χ0) is 17.6. The second kappa shape index (κ2) is 7.79. The molecule has 0 aromatic heterocycles. The molecule has 1 aliphatic heterocycles. The number of nitrogens with one attached hydrogen (secondary N) is 2. The fourth-order valence-electron chi connectivity index (χ4n) is 2.66. The van der Waals surface area contributed by atoms with Crippen LogP contribution in [0.1, 0.15) is 17.5 Å². The molecule has 2 N–H and O–H groups in total. The van der Waals surface area contributed by atoms with Crippen molar-refractivity contribution in [2.24, 2.45) is 0 Å². The normalized spacial score (nSPS) is 13.2. The lowest BCUT2D eigenvalue weighted by molar-refractivity contribution is -0.120. The molecular weight excluding hydrogens is 323 g/mol. The summed E-state index contributed by atoms with van der Waals surface area (Å²) >= 11 is 0. The second-order valence-corrected chi connectivity index (χ2v) is 5.85. The van der Waals surface area contributed by atoms with E-state index in [4.69, 9.17) is 4.74 Å². The number of carbonyl (C=O) groups is 2. The molecule has 0 spiro atoms. The van der Waals surface area contributed by atoms with Crippen LogP contribution in [0.3, 0.4) is 0 Å². The molecule has 2 amide bonds. The van der Waals surface area contributed by atoms with Crippen LogP contribution in [0.4, 0.5) is 10.1 Å². The Morgan fingerprint density at radius 3 is 2.92 bits per heavy atom. The number of anilines is 1. The zero-order valence-electron chi connectivity index (χ0n) is 13.7. The van der Waals surface area contributed by atoms with E-state index in [9.17, 15) is 14.0 Å². The third-order valence-corrected chi connectivity index (χ3v) is 3.94. The van der Waals surface area contributed by atoms with Crippen LogP contribution in [0.2, 0.25) is 0 Å². The molecule has 25 heavy (non-hydrogen) atoms. The molecule has 5 nitrogen and oxygen atoms in total. The lowest BCUT2D eigenvalue weighted by Gasteiger charge is -2.10. The quantitative estimate of drug-likeness (QED) is 0.877. The standard InChI is InChI=1S/C19H19FN2O3/c20-15-4-2-1-3-14(15)7-9-21-19(24)12-13-5-6-17-16(11-13)22-18(23)8-10-25-17/h1-6,11H,7-10,12H2,(H,21,24)(H,22,23). The highest BCUT2D eigenvalue weighted by molar-refractivity contribution is 5.93. The van der Waals surface area contributed by atoms with Crippen molar-refractivity contribution in [2.45, 2.75) is 19.3 Å². The Morgan fingerprint density at radius 2 is 2.08 bits per heavy atom. The van der Waals surface area contributed by atoms with Gasteiger partial charge >= 0.3 is 0 Å². The Balaban J connectivity index is 1.54. The highest BCUT2D eigenvalue weighted by Gasteiger charge is 2.15. The number of carbonyl (C=O) groups excluding carboxylic acids is 2. The molecule has 1 heterocycles. The third kappa shape index (κ3) is 4.56. The molecule has 0 saturated heterocycles. The van der Waals surface area contributed by atoms with E-state index >= 15 is 0 Å². The largest absolute Gasteiger partial charge is 0.491 e. The van der Waals surface area contributed by atoms with Gasteiger partial charge in [-0.2, -0.15) is 0 Å². The van der Waals surface area contributed by atoms with Crippen molar-refractivity contribution in [2.75, 3.05) is 18.5 Å². The summed E-state index contributed by atoms with van der Waals surface area (Å²) in [7, 11) is 0. The monoisotopic (exact) mass is 342 g/mol. The maximum absolute atomic E-state index is 13.5. The van der Waals surface area contributed by atoms with Gasteiger partial charge in [-0.1, -0.05) is 24.3 Å². The average molecular weight is 342 g/mol. The molecule has 0 saturated carbocycles. The maximum Gasteiger partial charge on any atom is 0.227 e. The summed E-state index contributed by atoms with van der Waals surface area (Å²) in [5.41, 5.74) is 1.93. The molecule has 0 aliphatic carbocycles. The van der Waals surface area contributed by atoms with Crippen molar-refractivity contribution in [3.05, 3.63) is 59.4 Å². The fourth-order valence-corrected chi connectivity index (χ4v) is 2.66. The molecule has 0 fully saturated rings. The number of rotatable bonds is 5. The van der Waals surface area contributed by atoms with Crippen LogP contribution in [-0.2, 0) is 22.4 Å². The smallest absolute Gasteiger partial charge is 0.227 e. The van der Waals surface area contributed by atoms with Crippen LogP contribution in [0.5, 0.6) is 5.75 Å². The van der Waals surface area contributed by atoms with Crippen LogP contribution in [0, 0.1) is 5.82 Å². The van der Waals surface area contributed by atoms with E-state index in [-0.39, 0.29) is 24.1 Å². The number of benzene rings is 2. The second-order valence-electron chi connectivity index (χ2n) is 5.85. The van der Waals surface area contributed by atoms with Gasteiger partial charge in [-0.25, -0.2) is 4.39 Å². The van der Waals surface area contributed by atoms with E-state index in [1.54, 1.807) is 36.4 Å². The van der Waals surface area contributed by atoms with E-state index in [0.717, 1.165) is 5.56 Å². The Labute approximate surface area is 145 Å². The van der Waals surface area contributed by atoms with Gasteiger partial charge in [-0.3, -0.25) is 9.59 Å². The first-order valence-corrected chi connectivity index (χ1v) is 8.17. The van der Waals surface area contributed by atoms with Crippen molar-refractivity contribution >= 4 is 17.5 Å². The van der Waals surface area contributed by atoms with Crippen LogP contribution in [0.25, 0.3) is 0 Å². The summed E-state index contributed by atoms with van der Waals surface area (Å²) in [5, 5.41) is 5.55. The Hall–Kier alpha value is -2.89. The fraction of sp³-hybridized carbons (Fsp3) is 0.263. The maximum atomic E-state index is 13.5. The predicted molar refractivity (Wildman–Crippen MR) is 92.0 cm³/mol. The van der Waals surface area contributed by atoms with Gasteiger partial charge in [0.2, 0.25) is 11.8 Å². The van der Waals surface area contributed by atoms with Crippen molar-refractivity contribution in [3.63, 3.8) is 0 Å². The first-order chi connectivity index (χ1) is 12.1. The van der Waals surface area contributed by atoms with Gasteiger partial charge in [0.05, 0.1) is 25.1 Å². The SMILES string of the molecule is O=C(Cc1ccc2c(c1)NC(=O)CCO2)NCCc1ccccc1F. The van der Waals surface area contributed by atoms with Gasteiger partial charge in [0.25, 0.3) is 0 Å². The highest BCUT2D eigenvalue weighted by atomic mass is 19.1. The molecule has 0 bridgehead atoms. The van der Waals surface area contributed by atoms with Crippen LogP contribution in [-0.4, -0.2) is 25.0 Å². The molecule has 2 aromatic carbocycles. The molecule has 1 aliphatic rings. The van der Waals surface area contributed by atoms with E-state index in [0.29, 0.717) is 43.0 Å². The van der Waals surface area contributed by atoms with Crippen LogP contribution in [0.15, 0.2) is 42.5 Å². The number of fused-ring (bicyclic) bond motifs is 1. The predicted octanol–water partition coefficient (Wildman–Crippen LogP) is 2.45. The average Bonchev–Trinajstić information content (AvgIpc) is 2.76. The summed E-state index contributed by atoms with van der Waals surface area (Å²) < 4.78 is 19.0. The van der Waals surface area contributed by atoms with Gasteiger partial charge in [0.1, 0.15) is 11.6 Å². The van der Waals surface area contributed by atoms with Crippen molar-refractivity contribution in [3.8, 4) is 5.75 Å². The summed E-state index contributed by atoms with van der Waals surface area (Å²) in [5.74, 6) is 0.0789. The van der Waals surface area contributed by atoms with E-state index < -0.39 is 0 Å². The number of hydrogen-bond donors (Lipinski definition) is 2. The third-order valence-electron chi connectivity index (χ3n) is 3.94. The topological polar surface area (TPSA) is 67.4 Å². The number of halogens is 1. The van der Waals surface area contributed by atoms with E-state index in [1.165, 1.54) is 6.07 Å². The number of hydrogen-bond acceptors (Lipinski definition) is 3.